The SMILES string of the molecule is O=C(Nc1cn2c(F)c(Br)ccc2n1)C(F)(F)F. The van der Waals surface area contributed by atoms with Gasteiger partial charge in [0, 0.05) is 0 Å². The van der Waals surface area contributed by atoms with Gasteiger partial charge in [0.2, 0.25) is 5.95 Å². The Labute approximate surface area is 106 Å². The summed E-state index contributed by atoms with van der Waals surface area (Å²) >= 11 is 2.92. The third-order valence-electron chi connectivity index (χ3n) is 2.02. The second kappa shape index (κ2) is 4.23. The Hall–Kier alpha value is -1.64. The summed E-state index contributed by atoms with van der Waals surface area (Å²) in [6.07, 6.45) is -4.06. The van der Waals surface area contributed by atoms with Crippen molar-refractivity contribution < 1.29 is 22.4 Å². The van der Waals surface area contributed by atoms with Crippen molar-refractivity contribution in [3.8, 4) is 0 Å². The fraction of sp³-hybridized carbons (Fsp3) is 0.111. The molecule has 0 aliphatic rings. The number of fused-ring (bicyclic) bond motifs is 1. The van der Waals surface area contributed by atoms with E-state index in [0.29, 0.717) is 0 Å². The van der Waals surface area contributed by atoms with Gasteiger partial charge in [-0.25, -0.2) is 4.98 Å². The number of nitrogens with one attached hydrogen (secondary N) is 1. The molecule has 0 unspecified atom stereocenters. The number of alkyl halides is 3. The minimum atomic E-state index is -5.02. The Balaban J connectivity index is 2.37. The highest BCUT2D eigenvalue weighted by molar-refractivity contribution is 9.10. The van der Waals surface area contributed by atoms with Crippen LogP contribution in [0.4, 0.5) is 23.4 Å². The van der Waals surface area contributed by atoms with Crippen molar-refractivity contribution in [3.63, 3.8) is 0 Å². The first-order valence-corrected chi connectivity index (χ1v) is 5.29. The summed E-state index contributed by atoms with van der Waals surface area (Å²) in [6.45, 7) is 0. The highest BCUT2D eigenvalue weighted by Crippen LogP contribution is 2.21. The number of halogens is 5. The van der Waals surface area contributed by atoms with E-state index in [1.807, 2.05) is 0 Å². The van der Waals surface area contributed by atoms with Gasteiger partial charge in [0.05, 0.1) is 10.7 Å². The molecular formula is C9H4BrF4N3O. The molecule has 2 aromatic rings. The van der Waals surface area contributed by atoms with Crippen molar-refractivity contribution >= 4 is 33.3 Å². The van der Waals surface area contributed by atoms with Crippen LogP contribution in [0.3, 0.4) is 0 Å². The molecule has 1 amide bonds. The summed E-state index contributed by atoms with van der Waals surface area (Å²) in [5.41, 5.74) is 0.0770. The van der Waals surface area contributed by atoms with Gasteiger partial charge in [0.1, 0.15) is 5.65 Å². The van der Waals surface area contributed by atoms with Crippen molar-refractivity contribution in [2.24, 2.45) is 0 Å². The van der Waals surface area contributed by atoms with E-state index < -0.39 is 18.0 Å². The number of hydrogen-bond donors (Lipinski definition) is 1. The Bertz CT molecular complexity index is 622. The molecule has 0 aliphatic heterocycles. The lowest BCUT2D eigenvalue weighted by Gasteiger charge is -2.04. The molecule has 9 heteroatoms. The zero-order valence-corrected chi connectivity index (χ0v) is 10.0. The Morgan fingerprint density at radius 1 is 1.39 bits per heavy atom. The summed E-state index contributed by atoms with van der Waals surface area (Å²) in [6, 6.07) is 2.74. The Kier molecular flexibility index (Phi) is 3.01. The molecule has 0 saturated carbocycles. The van der Waals surface area contributed by atoms with Gasteiger partial charge < -0.3 is 5.32 Å². The third kappa shape index (κ3) is 2.30. The molecule has 0 aliphatic carbocycles. The van der Waals surface area contributed by atoms with Gasteiger partial charge in [-0.15, -0.1) is 0 Å². The van der Waals surface area contributed by atoms with Gasteiger partial charge in [-0.05, 0) is 28.1 Å². The lowest BCUT2D eigenvalue weighted by molar-refractivity contribution is -0.167. The van der Waals surface area contributed by atoms with Crippen LogP contribution in [0, 0.1) is 5.95 Å². The van der Waals surface area contributed by atoms with Crippen LogP contribution < -0.4 is 5.32 Å². The minimum Gasteiger partial charge on any atom is -0.301 e. The lowest BCUT2D eigenvalue weighted by atomic mass is 10.5. The third-order valence-corrected chi connectivity index (χ3v) is 2.61. The summed E-state index contributed by atoms with van der Waals surface area (Å²) in [7, 11) is 0. The van der Waals surface area contributed by atoms with Crippen LogP contribution in [0.25, 0.3) is 5.65 Å². The van der Waals surface area contributed by atoms with Crippen LogP contribution in [0.1, 0.15) is 0 Å². The minimum absolute atomic E-state index is 0.0770. The van der Waals surface area contributed by atoms with E-state index in [1.165, 1.54) is 12.1 Å². The van der Waals surface area contributed by atoms with Crippen molar-refractivity contribution in [2.45, 2.75) is 6.18 Å². The maximum absolute atomic E-state index is 13.5. The quantitative estimate of drug-likeness (QED) is 0.647. The first-order valence-electron chi connectivity index (χ1n) is 4.50. The molecule has 1 N–H and O–H groups in total. The zero-order valence-electron chi connectivity index (χ0n) is 8.42. The van der Waals surface area contributed by atoms with Crippen molar-refractivity contribution in [1.82, 2.24) is 9.38 Å². The summed E-state index contributed by atoms with van der Waals surface area (Å²) < 4.78 is 50.6. The molecule has 0 fully saturated rings. The second-order valence-corrected chi connectivity index (χ2v) is 4.13. The molecule has 18 heavy (non-hydrogen) atoms. The number of nitrogens with zero attached hydrogens (tertiary/aromatic N) is 2. The zero-order chi connectivity index (χ0) is 13.5. The molecule has 2 heterocycles. The molecule has 0 spiro atoms. The number of pyridine rings is 1. The average molecular weight is 326 g/mol. The molecule has 0 atom stereocenters. The van der Waals surface area contributed by atoms with E-state index >= 15 is 0 Å². The first kappa shape index (κ1) is 12.8. The van der Waals surface area contributed by atoms with Crippen molar-refractivity contribution in [3.05, 3.63) is 28.7 Å². The second-order valence-electron chi connectivity index (χ2n) is 3.28. The maximum atomic E-state index is 13.5. The van der Waals surface area contributed by atoms with Crippen LogP contribution in [0.15, 0.2) is 22.8 Å². The number of hydrogen-bond acceptors (Lipinski definition) is 2. The standard InChI is InChI=1S/C9H4BrF4N3O/c10-4-1-2-6-15-5(3-17(6)7(4)11)16-8(18)9(12,13)14/h1-3H,(H,16,18). The number of rotatable bonds is 1. The predicted molar refractivity (Wildman–Crippen MR) is 57.5 cm³/mol. The highest BCUT2D eigenvalue weighted by atomic mass is 79.9. The molecule has 0 saturated heterocycles. The average Bonchev–Trinajstić information content (AvgIpc) is 2.66. The Morgan fingerprint density at radius 3 is 2.67 bits per heavy atom. The number of amides is 1. The number of anilines is 1. The van der Waals surface area contributed by atoms with Crippen molar-refractivity contribution in [1.29, 1.82) is 0 Å². The van der Waals surface area contributed by atoms with Crippen LogP contribution in [0.5, 0.6) is 0 Å². The molecule has 0 aromatic carbocycles. The first-order chi connectivity index (χ1) is 8.29. The lowest BCUT2D eigenvalue weighted by Crippen LogP contribution is -2.30. The molecule has 2 rings (SSSR count). The van der Waals surface area contributed by atoms with Gasteiger partial charge in [-0.3, -0.25) is 9.20 Å². The van der Waals surface area contributed by atoms with E-state index in [1.54, 1.807) is 5.32 Å². The number of carbonyl (C=O) groups excluding carboxylic acids is 1. The van der Waals surface area contributed by atoms with Gasteiger partial charge in [0.15, 0.2) is 5.82 Å². The normalized spacial score (nSPS) is 11.8. The number of aromatic nitrogens is 2. The fourth-order valence-corrected chi connectivity index (χ4v) is 1.57. The van der Waals surface area contributed by atoms with Gasteiger partial charge in [-0.1, -0.05) is 0 Å². The summed E-state index contributed by atoms with van der Waals surface area (Å²) in [5.74, 6) is -3.27. The molecule has 2 aromatic heterocycles. The maximum Gasteiger partial charge on any atom is 0.471 e. The van der Waals surface area contributed by atoms with Gasteiger partial charge in [-0.2, -0.15) is 17.6 Å². The highest BCUT2D eigenvalue weighted by Gasteiger charge is 2.39. The van der Waals surface area contributed by atoms with Gasteiger partial charge in [0.25, 0.3) is 0 Å². The summed E-state index contributed by atoms with van der Waals surface area (Å²) in [5, 5.41) is 1.54. The monoisotopic (exact) mass is 325 g/mol. The van der Waals surface area contributed by atoms with Crippen LogP contribution in [-0.4, -0.2) is 21.5 Å². The predicted octanol–water partition coefficient (Wildman–Crippen LogP) is 2.74. The van der Waals surface area contributed by atoms with Crippen LogP contribution >= 0.6 is 15.9 Å². The fourth-order valence-electron chi connectivity index (χ4n) is 1.25. The largest absolute Gasteiger partial charge is 0.471 e. The van der Waals surface area contributed by atoms with E-state index in [4.69, 9.17) is 0 Å². The van der Waals surface area contributed by atoms with E-state index in [0.717, 1.165) is 10.6 Å². The van der Waals surface area contributed by atoms with Gasteiger partial charge >= 0.3 is 12.1 Å². The Morgan fingerprint density at radius 2 is 2.06 bits per heavy atom. The van der Waals surface area contributed by atoms with E-state index in [9.17, 15) is 22.4 Å². The smallest absolute Gasteiger partial charge is 0.301 e. The summed E-state index contributed by atoms with van der Waals surface area (Å²) in [4.78, 5) is 14.3. The molecular weight excluding hydrogens is 322 g/mol. The van der Waals surface area contributed by atoms with E-state index in [2.05, 4.69) is 20.9 Å². The van der Waals surface area contributed by atoms with Crippen LogP contribution in [-0.2, 0) is 4.79 Å². The van der Waals surface area contributed by atoms with Crippen molar-refractivity contribution in [2.75, 3.05) is 5.32 Å². The number of imidazole rings is 1. The molecule has 0 bridgehead atoms. The van der Waals surface area contributed by atoms with E-state index in [-0.39, 0.29) is 15.9 Å². The molecule has 4 nitrogen and oxygen atoms in total. The number of carbonyl (C=O) groups is 1. The molecule has 96 valence electrons. The van der Waals surface area contributed by atoms with Crippen LogP contribution in [0.2, 0.25) is 0 Å². The molecule has 0 radical (unpaired) electrons. The topological polar surface area (TPSA) is 46.4 Å².